The quantitative estimate of drug-likeness (QED) is 0.874. The van der Waals surface area contributed by atoms with E-state index in [0.717, 1.165) is 5.56 Å². The number of rotatable bonds is 4. The normalized spacial score (nSPS) is 10.3. The minimum atomic E-state index is -0.300. The van der Waals surface area contributed by atoms with Gasteiger partial charge in [-0.15, -0.1) is 0 Å². The molecule has 0 aliphatic rings. The molecule has 0 saturated carbocycles. The van der Waals surface area contributed by atoms with Crippen molar-refractivity contribution in [1.82, 2.24) is 4.98 Å². The number of pyridine rings is 1. The molecule has 2 rings (SSSR count). The smallest absolute Gasteiger partial charge is 0.255 e. The van der Waals surface area contributed by atoms with Crippen LogP contribution in [0.25, 0.3) is 0 Å². The summed E-state index contributed by atoms with van der Waals surface area (Å²) in [6, 6.07) is 10.3. The molecule has 0 unspecified atom stereocenters. The Bertz CT molecular complexity index is 612. The molecule has 2 aromatic rings. The maximum Gasteiger partial charge on any atom is 0.255 e. The standard InChI is InChI=1S/C14H12Cl2N2O2/c1-20-8-9-3-2-4-11(5-9)17-14(19)10-6-12(15)18-13(16)7-10/h2-7H,8H2,1H3,(H,17,19). The second kappa shape index (κ2) is 6.70. The maximum atomic E-state index is 12.1. The number of carbonyl (C=O) groups is 1. The van der Waals surface area contributed by atoms with Crippen LogP contribution in [-0.2, 0) is 11.3 Å². The van der Waals surface area contributed by atoms with E-state index >= 15 is 0 Å². The van der Waals surface area contributed by atoms with Crippen molar-refractivity contribution in [3.63, 3.8) is 0 Å². The third kappa shape index (κ3) is 3.93. The summed E-state index contributed by atoms with van der Waals surface area (Å²) in [5.41, 5.74) is 2.00. The summed E-state index contributed by atoms with van der Waals surface area (Å²) in [5.74, 6) is -0.300. The zero-order valence-electron chi connectivity index (χ0n) is 10.7. The van der Waals surface area contributed by atoms with E-state index in [1.54, 1.807) is 13.2 Å². The number of carbonyl (C=O) groups excluding carboxylic acids is 1. The molecule has 20 heavy (non-hydrogen) atoms. The van der Waals surface area contributed by atoms with E-state index in [0.29, 0.717) is 17.9 Å². The van der Waals surface area contributed by atoms with Crippen molar-refractivity contribution in [3.8, 4) is 0 Å². The van der Waals surface area contributed by atoms with Gasteiger partial charge in [0, 0.05) is 18.4 Å². The van der Waals surface area contributed by atoms with E-state index in [1.807, 2.05) is 18.2 Å². The van der Waals surface area contributed by atoms with Crippen molar-refractivity contribution in [2.24, 2.45) is 0 Å². The van der Waals surface area contributed by atoms with Gasteiger partial charge in [0.25, 0.3) is 5.91 Å². The van der Waals surface area contributed by atoms with E-state index < -0.39 is 0 Å². The molecule has 6 heteroatoms. The highest BCUT2D eigenvalue weighted by Crippen LogP contribution is 2.17. The van der Waals surface area contributed by atoms with Gasteiger partial charge in [0.2, 0.25) is 0 Å². The van der Waals surface area contributed by atoms with Crippen LogP contribution in [-0.4, -0.2) is 18.0 Å². The third-order valence-corrected chi connectivity index (χ3v) is 2.91. The number of anilines is 1. The molecular formula is C14H12Cl2N2O2. The molecule has 4 nitrogen and oxygen atoms in total. The predicted octanol–water partition coefficient (Wildman–Crippen LogP) is 3.79. The predicted molar refractivity (Wildman–Crippen MR) is 79.4 cm³/mol. The number of aromatic nitrogens is 1. The van der Waals surface area contributed by atoms with Gasteiger partial charge in [-0.25, -0.2) is 4.98 Å². The molecule has 0 saturated heterocycles. The number of hydrogen-bond acceptors (Lipinski definition) is 3. The number of amides is 1. The molecule has 1 aromatic heterocycles. The van der Waals surface area contributed by atoms with Gasteiger partial charge in [-0.1, -0.05) is 35.3 Å². The van der Waals surface area contributed by atoms with E-state index in [9.17, 15) is 4.79 Å². The van der Waals surface area contributed by atoms with Gasteiger partial charge in [-0.05, 0) is 29.8 Å². The summed E-state index contributed by atoms with van der Waals surface area (Å²) in [4.78, 5) is 15.9. The van der Waals surface area contributed by atoms with Crippen molar-refractivity contribution in [1.29, 1.82) is 0 Å². The van der Waals surface area contributed by atoms with Crippen LogP contribution < -0.4 is 5.32 Å². The summed E-state index contributed by atoms with van der Waals surface area (Å²) in [5, 5.41) is 3.13. The zero-order chi connectivity index (χ0) is 14.5. The molecule has 1 heterocycles. The fourth-order valence-corrected chi connectivity index (χ4v) is 2.17. The second-order valence-corrected chi connectivity index (χ2v) is 4.86. The topological polar surface area (TPSA) is 51.2 Å². The van der Waals surface area contributed by atoms with E-state index in [1.165, 1.54) is 12.1 Å². The molecule has 1 aromatic carbocycles. The lowest BCUT2D eigenvalue weighted by Crippen LogP contribution is -2.12. The third-order valence-electron chi connectivity index (χ3n) is 2.52. The Labute approximate surface area is 126 Å². The fourth-order valence-electron chi connectivity index (χ4n) is 1.70. The van der Waals surface area contributed by atoms with Crippen molar-refractivity contribution in [2.45, 2.75) is 6.61 Å². The van der Waals surface area contributed by atoms with Crippen LogP contribution in [0, 0.1) is 0 Å². The molecular weight excluding hydrogens is 299 g/mol. The largest absolute Gasteiger partial charge is 0.380 e. The van der Waals surface area contributed by atoms with Crippen molar-refractivity contribution < 1.29 is 9.53 Å². The van der Waals surface area contributed by atoms with Gasteiger partial charge in [-0.2, -0.15) is 0 Å². The van der Waals surface area contributed by atoms with Crippen LogP contribution in [0.4, 0.5) is 5.69 Å². The van der Waals surface area contributed by atoms with Crippen LogP contribution in [0.3, 0.4) is 0 Å². The Morgan fingerprint density at radius 3 is 2.60 bits per heavy atom. The minimum Gasteiger partial charge on any atom is -0.380 e. The summed E-state index contributed by atoms with van der Waals surface area (Å²) >= 11 is 11.5. The highest BCUT2D eigenvalue weighted by molar-refractivity contribution is 6.33. The lowest BCUT2D eigenvalue weighted by molar-refractivity contribution is 0.102. The average Bonchev–Trinajstić information content (AvgIpc) is 2.38. The highest BCUT2D eigenvalue weighted by Gasteiger charge is 2.09. The Hall–Kier alpha value is -1.62. The highest BCUT2D eigenvalue weighted by atomic mass is 35.5. The molecule has 0 spiro atoms. The molecule has 0 bridgehead atoms. The number of methoxy groups -OCH3 is 1. The first-order valence-corrected chi connectivity index (χ1v) is 6.56. The Morgan fingerprint density at radius 1 is 1.25 bits per heavy atom. The van der Waals surface area contributed by atoms with Gasteiger partial charge < -0.3 is 10.1 Å². The van der Waals surface area contributed by atoms with Gasteiger partial charge in [0.1, 0.15) is 10.3 Å². The molecule has 104 valence electrons. The zero-order valence-corrected chi connectivity index (χ0v) is 12.2. The van der Waals surface area contributed by atoms with Crippen LogP contribution in [0.2, 0.25) is 10.3 Å². The number of benzene rings is 1. The molecule has 1 N–H and O–H groups in total. The maximum absolute atomic E-state index is 12.1. The first kappa shape index (κ1) is 14.8. The van der Waals surface area contributed by atoms with Gasteiger partial charge in [0.05, 0.1) is 6.61 Å². The summed E-state index contributed by atoms with van der Waals surface area (Å²) < 4.78 is 5.05. The van der Waals surface area contributed by atoms with Gasteiger partial charge >= 0.3 is 0 Å². The second-order valence-electron chi connectivity index (χ2n) is 4.09. The minimum absolute atomic E-state index is 0.177. The molecule has 1 amide bonds. The van der Waals surface area contributed by atoms with Crippen LogP contribution in [0.1, 0.15) is 15.9 Å². The van der Waals surface area contributed by atoms with Crippen LogP contribution >= 0.6 is 23.2 Å². The lowest BCUT2D eigenvalue weighted by Gasteiger charge is -2.07. The van der Waals surface area contributed by atoms with Crippen molar-refractivity contribution in [3.05, 3.63) is 57.8 Å². The van der Waals surface area contributed by atoms with Crippen LogP contribution in [0.5, 0.6) is 0 Å². The van der Waals surface area contributed by atoms with Crippen molar-refractivity contribution >= 4 is 34.8 Å². The van der Waals surface area contributed by atoms with Gasteiger partial charge in [0.15, 0.2) is 0 Å². The number of nitrogens with zero attached hydrogens (tertiary/aromatic N) is 1. The Morgan fingerprint density at radius 2 is 1.95 bits per heavy atom. The number of nitrogens with one attached hydrogen (secondary N) is 1. The average molecular weight is 311 g/mol. The van der Waals surface area contributed by atoms with E-state index in [4.69, 9.17) is 27.9 Å². The summed E-state index contributed by atoms with van der Waals surface area (Å²) in [7, 11) is 1.62. The van der Waals surface area contributed by atoms with Crippen LogP contribution in [0.15, 0.2) is 36.4 Å². The SMILES string of the molecule is COCc1cccc(NC(=O)c2cc(Cl)nc(Cl)c2)c1. The number of hydrogen-bond donors (Lipinski definition) is 1. The molecule has 0 atom stereocenters. The molecule has 0 radical (unpaired) electrons. The first-order chi connectivity index (χ1) is 9.58. The fraction of sp³-hybridized carbons (Fsp3) is 0.143. The Kier molecular flexibility index (Phi) is 4.95. The van der Waals surface area contributed by atoms with E-state index in [-0.39, 0.29) is 16.2 Å². The molecule has 0 aliphatic heterocycles. The number of halogens is 2. The van der Waals surface area contributed by atoms with Crippen molar-refractivity contribution in [2.75, 3.05) is 12.4 Å². The molecule has 0 fully saturated rings. The first-order valence-electron chi connectivity index (χ1n) is 5.81. The lowest BCUT2D eigenvalue weighted by atomic mass is 10.2. The van der Waals surface area contributed by atoms with E-state index in [2.05, 4.69) is 10.3 Å². The summed E-state index contributed by atoms with van der Waals surface area (Å²) in [6.45, 7) is 0.483. The Balaban J connectivity index is 2.16. The number of ether oxygens (including phenoxy) is 1. The van der Waals surface area contributed by atoms with Gasteiger partial charge in [-0.3, -0.25) is 4.79 Å². The monoisotopic (exact) mass is 310 g/mol. The molecule has 0 aliphatic carbocycles. The summed E-state index contributed by atoms with van der Waals surface area (Å²) in [6.07, 6.45) is 0.